The summed E-state index contributed by atoms with van der Waals surface area (Å²) in [5, 5.41) is 2.82. The van der Waals surface area contributed by atoms with E-state index in [9.17, 15) is 8.42 Å². The second-order valence-corrected chi connectivity index (χ2v) is 8.70. The number of rotatable bonds is 4. The number of sulfonamides is 1. The zero-order chi connectivity index (χ0) is 15.7. The Morgan fingerprint density at radius 3 is 2.40 bits per heavy atom. The molecule has 0 fully saturated rings. The smallest absolute Gasteiger partial charge is 0.246 e. The minimum atomic E-state index is -3.61. The summed E-state index contributed by atoms with van der Waals surface area (Å²) in [6.07, 6.45) is 1.57. The second-order valence-electron chi connectivity index (χ2n) is 5.81. The van der Waals surface area contributed by atoms with Gasteiger partial charge in [0.05, 0.1) is 0 Å². The predicted molar refractivity (Wildman–Crippen MR) is 85.3 cm³/mol. The van der Waals surface area contributed by atoms with Gasteiger partial charge in [-0.15, -0.1) is 0 Å². The van der Waals surface area contributed by atoms with E-state index in [1.165, 1.54) is 4.31 Å². The van der Waals surface area contributed by atoms with Crippen molar-refractivity contribution in [1.82, 2.24) is 9.29 Å². The van der Waals surface area contributed by atoms with Gasteiger partial charge < -0.3 is 5.32 Å². The number of pyridine rings is 1. The molecule has 1 unspecified atom stereocenters. The van der Waals surface area contributed by atoms with Crippen molar-refractivity contribution in [2.24, 2.45) is 5.41 Å². The van der Waals surface area contributed by atoms with Crippen LogP contribution < -0.4 is 5.32 Å². The first kappa shape index (κ1) is 17.4. The topological polar surface area (TPSA) is 62.3 Å². The Morgan fingerprint density at radius 1 is 1.40 bits per heavy atom. The van der Waals surface area contributed by atoms with Crippen molar-refractivity contribution in [3.05, 3.63) is 16.7 Å². The number of halogens is 1. The summed E-state index contributed by atoms with van der Waals surface area (Å²) in [7, 11) is -0.350. The lowest BCUT2D eigenvalue weighted by atomic mass is 9.88. The Bertz CT molecular complexity index is 582. The standard InChI is InChI=1S/C13H22BrN3O2S/c1-9(13(2,3)4)17(6)20(18,19)11-7-10(14)8-16-12(11)15-5/h7-9H,1-6H3,(H,15,16). The minimum Gasteiger partial charge on any atom is -0.372 e. The Balaban J connectivity index is 3.34. The quantitative estimate of drug-likeness (QED) is 0.892. The highest BCUT2D eigenvalue weighted by Gasteiger charge is 2.34. The van der Waals surface area contributed by atoms with Crippen molar-refractivity contribution in [2.75, 3.05) is 19.4 Å². The second kappa shape index (κ2) is 5.99. The van der Waals surface area contributed by atoms with Gasteiger partial charge in [-0.3, -0.25) is 0 Å². The van der Waals surface area contributed by atoms with Crippen molar-refractivity contribution in [3.8, 4) is 0 Å². The van der Waals surface area contributed by atoms with E-state index < -0.39 is 10.0 Å². The normalized spacial score (nSPS) is 14.4. The molecule has 0 aliphatic heterocycles. The van der Waals surface area contributed by atoms with Crippen LogP contribution >= 0.6 is 15.9 Å². The number of hydrogen-bond acceptors (Lipinski definition) is 4. The maximum atomic E-state index is 12.8. The van der Waals surface area contributed by atoms with Gasteiger partial charge in [-0.25, -0.2) is 13.4 Å². The summed E-state index contributed by atoms with van der Waals surface area (Å²) in [4.78, 5) is 4.28. The molecule has 0 saturated heterocycles. The van der Waals surface area contributed by atoms with E-state index in [0.29, 0.717) is 10.3 Å². The van der Waals surface area contributed by atoms with Crippen LogP contribution in [0.5, 0.6) is 0 Å². The molecule has 1 heterocycles. The van der Waals surface area contributed by atoms with Crippen LogP contribution in [0.25, 0.3) is 0 Å². The van der Waals surface area contributed by atoms with Gasteiger partial charge in [-0.05, 0) is 34.3 Å². The van der Waals surface area contributed by atoms with Crippen molar-refractivity contribution in [1.29, 1.82) is 0 Å². The van der Waals surface area contributed by atoms with Gasteiger partial charge in [0, 0.05) is 30.8 Å². The molecule has 0 spiro atoms. The van der Waals surface area contributed by atoms with Crippen LogP contribution in [0.4, 0.5) is 5.82 Å². The molecule has 0 amide bonds. The lowest BCUT2D eigenvalue weighted by molar-refractivity contribution is 0.216. The molecule has 0 bridgehead atoms. The van der Waals surface area contributed by atoms with Gasteiger partial charge in [-0.2, -0.15) is 4.31 Å². The average Bonchev–Trinajstić information content (AvgIpc) is 2.35. The Labute approximate surface area is 130 Å². The van der Waals surface area contributed by atoms with Gasteiger partial charge in [0.2, 0.25) is 10.0 Å². The van der Waals surface area contributed by atoms with Crippen LogP contribution in [-0.2, 0) is 10.0 Å². The summed E-state index contributed by atoms with van der Waals surface area (Å²) < 4.78 is 27.6. The number of aromatic nitrogens is 1. The SMILES string of the molecule is CNc1ncc(Br)cc1S(=O)(=O)N(C)C(C)C(C)(C)C. The molecule has 7 heteroatoms. The first-order chi connectivity index (χ1) is 9.01. The molecular formula is C13H22BrN3O2S. The Morgan fingerprint density at radius 2 is 1.95 bits per heavy atom. The van der Waals surface area contributed by atoms with E-state index in [4.69, 9.17) is 0 Å². The van der Waals surface area contributed by atoms with Crippen molar-refractivity contribution < 1.29 is 8.42 Å². The zero-order valence-electron chi connectivity index (χ0n) is 12.7. The molecule has 1 aromatic heterocycles. The number of hydrogen-bond donors (Lipinski definition) is 1. The molecule has 20 heavy (non-hydrogen) atoms. The molecule has 1 atom stereocenters. The molecule has 0 aliphatic rings. The molecule has 1 rings (SSSR count). The summed E-state index contributed by atoms with van der Waals surface area (Å²) >= 11 is 3.27. The van der Waals surface area contributed by atoms with Crippen LogP contribution in [0.3, 0.4) is 0 Å². The van der Waals surface area contributed by atoms with Crippen LogP contribution in [0, 0.1) is 5.41 Å². The van der Waals surface area contributed by atoms with Gasteiger partial charge in [0.25, 0.3) is 0 Å². The van der Waals surface area contributed by atoms with E-state index >= 15 is 0 Å². The third kappa shape index (κ3) is 3.51. The van der Waals surface area contributed by atoms with E-state index in [-0.39, 0.29) is 16.4 Å². The van der Waals surface area contributed by atoms with Gasteiger partial charge in [0.1, 0.15) is 10.7 Å². The number of anilines is 1. The van der Waals surface area contributed by atoms with E-state index in [2.05, 4.69) is 26.2 Å². The Hall–Kier alpha value is -0.660. The predicted octanol–water partition coefficient (Wildman–Crippen LogP) is 2.94. The monoisotopic (exact) mass is 363 g/mol. The first-order valence-corrected chi connectivity index (χ1v) is 8.56. The summed E-state index contributed by atoms with van der Waals surface area (Å²) in [6, 6.07) is 1.43. The molecule has 1 aromatic rings. The summed E-state index contributed by atoms with van der Waals surface area (Å²) in [6.45, 7) is 7.95. The highest BCUT2D eigenvalue weighted by molar-refractivity contribution is 9.10. The fourth-order valence-electron chi connectivity index (χ4n) is 1.71. The zero-order valence-corrected chi connectivity index (χ0v) is 15.1. The first-order valence-electron chi connectivity index (χ1n) is 6.33. The molecule has 0 radical (unpaired) electrons. The lowest BCUT2D eigenvalue weighted by Crippen LogP contribution is -2.43. The number of nitrogens with one attached hydrogen (secondary N) is 1. The largest absolute Gasteiger partial charge is 0.372 e. The maximum absolute atomic E-state index is 12.8. The van der Waals surface area contributed by atoms with Crippen molar-refractivity contribution in [2.45, 2.75) is 38.6 Å². The summed E-state index contributed by atoms with van der Waals surface area (Å²) in [5.41, 5.74) is -0.152. The molecule has 5 nitrogen and oxygen atoms in total. The van der Waals surface area contributed by atoms with Crippen LogP contribution in [0.2, 0.25) is 0 Å². The van der Waals surface area contributed by atoms with E-state index in [0.717, 1.165) is 0 Å². The van der Waals surface area contributed by atoms with Crippen LogP contribution in [0.1, 0.15) is 27.7 Å². The maximum Gasteiger partial charge on any atom is 0.246 e. The molecule has 114 valence electrons. The highest BCUT2D eigenvalue weighted by atomic mass is 79.9. The minimum absolute atomic E-state index is 0.142. The van der Waals surface area contributed by atoms with Crippen LogP contribution in [0.15, 0.2) is 21.6 Å². The molecule has 1 N–H and O–H groups in total. The third-order valence-electron chi connectivity index (χ3n) is 3.51. The fourth-order valence-corrected chi connectivity index (χ4v) is 3.91. The average molecular weight is 364 g/mol. The Kier molecular flexibility index (Phi) is 5.21. The third-order valence-corrected chi connectivity index (χ3v) is 5.89. The molecule has 0 aromatic carbocycles. The number of nitrogens with zero attached hydrogens (tertiary/aromatic N) is 2. The lowest BCUT2D eigenvalue weighted by Gasteiger charge is -2.34. The van der Waals surface area contributed by atoms with Gasteiger partial charge in [-0.1, -0.05) is 20.8 Å². The van der Waals surface area contributed by atoms with Gasteiger partial charge >= 0.3 is 0 Å². The van der Waals surface area contributed by atoms with E-state index in [1.807, 2.05) is 27.7 Å². The van der Waals surface area contributed by atoms with Crippen molar-refractivity contribution in [3.63, 3.8) is 0 Å². The fraction of sp³-hybridized carbons (Fsp3) is 0.615. The van der Waals surface area contributed by atoms with Gasteiger partial charge in [0.15, 0.2) is 0 Å². The highest BCUT2D eigenvalue weighted by Crippen LogP contribution is 2.30. The molecule has 0 aliphatic carbocycles. The van der Waals surface area contributed by atoms with Crippen molar-refractivity contribution >= 4 is 31.8 Å². The van der Waals surface area contributed by atoms with E-state index in [1.54, 1.807) is 26.4 Å². The molecule has 0 saturated carbocycles. The molecular weight excluding hydrogens is 342 g/mol. The summed E-state index contributed by atoms with van der Waals surface area (Å²) in [5.74, 6) is 0.348. The van der Waals surface area contributed by atoms with Crippen LogP contribution in [-0.4, -0.2) is 37.8 Å².